The highest BCUT2D eigenvalue weighted by Gasteiger charge is 2.37. The summed E-state index contributed by atoms with van der Waals surface area (Å²) in [6, 6.07) is 13.9. The number of imide groups is 2. The van der Waals surface area contributed by atoms with Crippen molar-refractivity contribution in [3.05, 3.63) is 98.0 Å². The van der Waals surface area contributed by atoms with Crippen molar-refractivity contribution in [2.75, 3.05) is 4.90 Å². The number of carboxylic acid groups (broad SMARTS) is 1. The van der Waals surface area contributed by atoms with E-state index in [2.05, 4.69) is 5.32 Å². The van der Waals surface area contributed by atoms with Crippen LogP contribution < -0.4 is 15.0 Å². The monoisotopic (exact) mass is 544 g/mol. The van der Waals surface area contributed by atoms with Gasteiger partial charge in [0.1, 0.15) is 17.9 Å². The van der Waals surface area contributed by atoms with E-state index in [4.69, 9.17) is 44.6 Å². The van der Waals surface area contributed by atoms with Crippen LogP contribution in [0.3, 0.4) is 0 Å². The summed E-state index contributed by atoms with van der Waals surface area (Å²) in [5, 5.41) is 11.9. The molecule has 3 aromatic rings. The first-order valence-corrected chi connectivity index (χ1v) is 11.4. The third-order valence-corrected chi connectivity index (χ3v) is 5.86. The Hall–Kier alpha value is -3.85. The van der Waals surface area contributed by atoms with E-state index in [9.17, 15) is 19.2 Å². The molecular formula is C25H15Cl3N2O6. The first-order chi connectivity index (χ1) is 17.1. The fraction of sp³-hybridized carbons (Fsp3) is 0.0400. The average molecular weight is 546 g/mol. The maximum absolute atomic E-state index is 13.2. The number of rotatable bonds is 6. The molecule has 0 unspecified atom stereocenters. The predicted molar refractivity (Wildman–Crippen MR) is 135 cm³/mol. The van der Waals surface area contributed by atoms with Gasteiger partial charge < -0.3 is 9.84 Å². The van der Waals surface area contributed by atoms with Crippen molar-refractivity contribution < 1.29 is 29.0 Å². The molecule has 3 aromatic carbocycles. The summed E-state index contributed by atoms with van der Waals surface area (Å²) in [6.07, 6.45) is 1.23. The first-order valence-electron chi connectivity index (χ1n) is 10.2. The van der Waals surface area contributed by atoms with E-state index in [0.29, 0.717) is 10.6 Å². The molecule has 1 fully saturated rings. The quantitative estimate of drug-likeness (QED) is 0.308. The Balaban J connectivity index is 1.67. The fourth-order valence-electron chi connectivity index (χ4n) is 3.38. The van der Waals surface area contributed by atoms with Crippen LogP contribution in [0.2, 0.25) is 15.1 Å². The third kappa shape index (κ3) is 5.36. The number of ether oxygens (including phenoxy) is 1. The standard InChI is InChI=1S/C25H15Cl3N2O6/c26-16-5-7-18(8-6-16)30-23(32)19(22(31)29-25(30)35)10-15-9-17(27)11-20(28)21(15)36-12-13-1-3-14(4-2-13)24(33)34/h1-11H,12H2,(H,33,34)(H,29,31,35)/b19-10+. The highest BCUT2D eigenvalue weighted by molar-refractivity contribution is 6.40. The maximum Gasteiger partial charge on any atom is 0.335 e. The number of carboxylic acids is 1. The van der Waals surface area contributed by atoms with Crippen molar-refractivity contribution in [1.29, 1.82) is 0 Å². The van der Waals surface area contributed by atoms with Gasteiger partial charge in [-0.3, -0.25) is 14.9 Å². The minimum atomic E-state index is -1.06. The van der Waals surface area contributed by atoms with E-state index < -0.39 is 23.8 Å². The number of nitrogens with one attached hydrogen (secondary N) is 1. The number of anilines is 1. The van der Waals surface area contributed by atoms with Crippen molar-refractivity contribution in [1.82, 2.24) is 5.32 Å². The molecule has 0 saturated carbocycles. The zero-order valence-corrected chi connectivity index (χ0v) is 20.4. The Kier molecular flexibility index (Phi) is 7.30. The van der Waals surface area contributed by atoms with Gasteiger partial charge in [0.2, 0.25) is 0 Å². The predicted octanol–water partition coefficient (Wildman–Crippen LogP) is 5.59. The number of halogens is 3. The Labute approximate surface area is 219 Å². The fourth-order valence-corrected chi connectivity index (χ4v) is 4.07. The maximum atomic E-state index is 13.2. The van der Waals surface area contributed by atoms with Gasteiger partial charge in [0.15, 0.2) is 0 Å². The molecule has 1 aliphatic heterocycles. The van der Waals surface area contributed by atoms with Crippen molar-refractivity contribution in [2.45, 2.75) is 6.61 Å². The van der Waals surface area contributed by atoms with Gasteiger partial charge in [-0.1, -0.05) is 46.9 Å². The molecule has 1 aliphatic rings. The van der Waals surface area contributed by atoms with Gasteiger partial charge in [-0.15, -0.1) is 0 Å². The first kappa shape index (κ1) is 25.2. The number of urea groups is 1. The number of hydrogen-bond donors (Lipinski definition) is 2. The number of nitrogens with zero attached hydrogens (tertiary/aromatic N) is 1. The highest BCUT2D eigenvalue weighted by atomic mass is 35.5. The zero-order chi connectivity index (χ0) is 26.0. The van der Waals surface area contributed by atoms with Gasteiger partial charge in [-0.05, 0) is 60.2 Å². The molecule has 36 heavy (non-hydrogen) atoms. The van der Waals surface area contributed by atoms with Crippen LogP contribution in [0.5, 0.6) is 5.75 Å². The Bertz CT molecular complexity index is 1420. The molecule has 0 radical (unpaired) electrons. The summed E-state index contributed by atoms with van der Waals surface area (Å²) in [6.45, 7) is 0.00690. The smallest absolute Gasteiger partial charge is 0.335 e. The normalized spacial score (nSPS) is 14.7. The van der Waals surface area contributed by atoms with Crippen LogP contribution in [-0.4, -0.2) is 28.9 Å². The molecule has 1 heterocycles. The lowest BCUT2D eigenvalue weighted by molar-refractivity contribution is -0.122. The van der Waals surface area contributed by atoms with Crippen LogP contribution in [-0.2, 0) is 16.2 Å². The van der Waals surface area contributed by atoms with Gasteiger partial charge in [0.05, 0.1) is 16.3 Å². The summed E-state index contributed by atoms with van der Waals surface area (Å²) in [4.78, 5) is 50.0. The second-order valence-electron chi connectivity index (χ2n) is 7.53. The molecule has 0 atom stereocenters. The lowest BCUT2D eigenvalue weighted by Crippen LogP contribution is -2.54. The van der Waals surface area contributed by atoms with Crippen molar-refractivity contribution >= 4 is 70.4 Å². The summed E-state index contributed by atoms with van der Waals surface area (Å²) in [5.41, 5.74) is 0.855. The molecule has 1 saturated heterocycles. The second kappa shape index (κ2) is 10.4. The number of hydrogen-bond acceptors (Lipinski definition) is 5. The molecule has 8 nitrogen and oxygen atoms in total. The summed E-state index contributed by atoms with van der Waals surface area (Å²) < 4.78 is 5.85. The van der Waals surface area contributed by atoms with Crippen LogP contribution >= 0.6 is 34.8 Å². The molecule has 0 bridgehead atoms. The molecule has 0 aromatic heterocycles. The molecule has 11 heteroatoms. The molecular weight excluding hydrogens is 531 g/mol. The minimum Gasteiger partial charge on any atom is -0.487 e. The highest BCUT2D eigenvalue weighted by Crippen LogP contribution is 2.35. The largest absolute Gasteiger partial charge is 0.487 e. The van der Waals surface area contributed by atoms with Crippen LogP contribution in [0, 0.1) is 0 Å². The average Bonchev–Trinajstić information content (AvgIpc) is 2.82. The van der Waals surface area contributed by atoms with E-state index in [1.165, 1.54) is 54.6 Å². The van der Waals surface area contributed by atoms with Crippen molar-refractivity contribution in [2.24, 2.45) is 0 Å². The Morgan fingerprint density at radius 2 is 1.61 bits per heavy atom. The second-order valence-corrected chi connectivity index (χ2v) is 8.81. The van der Waals surface area contributed by atoms with Crippen molar-refractivity contribution in [3.63, 3.8) is 0 Å². The topological polar surface area (TPSA) is 113 Å². The van der Waals surface area contributed by atoms with Crippen LogP contribution in [0.25, 0.3) is 6.08 Å². The van der Waals surface area contributed by atoms with E-state index in [0.717, 1.165) is 4.90 Å². The number of carbonyl (C=O) groups excluding carboxylic acids is 3. The summed E-state index contributed by atoms with van der Waals surface area (Å²) in [7, 11) is 0. The third-order valence-electron chi connectivity index (χ3n) is 5.11. The summed E-state index contributed by atoms with van der Waals surface area (Å²) >= 11 is 18.4. The molecule has 182 valence electrons. The molecule has 4 amide bonds. The molecule has 0 spiro atoms. The van der Waals surface area contributed by atoms with E-state index in [1.807, 2.05) is 0 Å². The lowest BCUT2D eigenvalue weighted by atomic mass is 10.1. The zero-order valence-electron chi connectivity index (χ0n) is 18.1. The van der Waals surface area contributed by atoms with E-state index in [1.54, 1.807) is 12.1 Å². The number of barbiturate groups is 1. The molecule has 4 rings (SSSR count). The van der Waals surface area contributed by atoms with Crippen LogP contribution in [0.15, 0.2) is 66.2 Å². The van der Waals surface area contributed by atoms with Gasteiger partial charge in [0.25, 0.3) is 11.8 Å². The van der Waals surface area contributed by atoms with Gasteiger partial charge >= 0.3 is 12.0 Å². The van der Waals surface area contributed by atoms with Crippen LogP contribution in [0.1, 0.15) is 21.5 Å². The molecule has 2 N–H and O–H groups in total. The van der Waals surface area contributed by atoms with Gasteiger partial charge in [0, 0.05) is 15.6 Å². The number of carbonyl (C=O) groups is 4. The SMILES string of the molecule is O=C1NC(=O)N(c2ccc(Cl)cc2)C(=O)/C1=C/c1cc(Cl)cc(Cl)c1OCc1ccc(C(=O)O)cc1. The lowest BCUT2D eigenvalue weighted by Gasteiger charge is -2.26. The van der Waals surface area contributed by atoms with E-state index >= 15 is 0 Å². The van der Waals surface area contributed by atoms with Crippen LogP contribution in [0.4, 0.5) is 10.5 Å². The molecule has 0 aliphatic carbocycles. The minimum absolute atomic E-state index is 0.00690. The van der Waals surface area contributed by atoms with Gasteiger partial charge in [-0.2, -0.15) is 0 Å². The number of aromatic carboxylic acids is 1. The van der Waals surface area contributed by atoms with Gasteiger partial charge in [-0.25, -0.2) is 14.5 Å². The Morgan fingerprint density at radius 1 is 0.944 bits per heavy atom. The summed E-state index contributed by atoms with van der Waals surface area (Å²) in [5.74, 6) is -2.69. The number of benzene rings is 3. The van der Waals surface area contributed by atoms with Crippen molar-refractivity contribution in [3.8, 4) is 5.75 Å². The van der Waals surface area contributed by atoms with E-state index in [-0.39, 0.29) is 44.8 Å². The number of amides is 4. The Morgan fingerprint density at radius 3 is 2.25 bits per heavy atom.